The first-order valence-corrected chi connectivity index (χ1v) is 9.07. The van der Waals surface area contributed by atoms with Crippen molar-refractivity contribution in [3.05, 3.63) is 15.6 Å². The normalized spacial score (nSPS) is 19.0. The van der Waals surface area contributed by atoms with Gasteiger partial charge in [0.05, 0.1) is 11.2 Å². The molecule has 7 heteroatoms. The number of carbonyl (C=O) groups is 1. The molecule has 0 aliphatic carbocycles. The molecule has 140 valence electrons. The molecule has 1 aliphatic rings. The van der Waals surface area contributed by atoms with Gasteiger partial charge in [0.25, 0.3) is 0 Å². The summed E-state index contributed by atoms with van der Waals surface area (Å²) < 4.78 is 0. The molecule has 1 aromatic heterocycles. The maximum absolute atomic E-state index is 12.4. The lowest BCUT2D eigenvalue weighted by atomic mass is 9.85. The van der Waals surface area contributed by atoms with Gasteiger partial charge in [0.2, 0.25) is 5.91 Å². The molecule has 2 heterocycles. The molecule has 1 amide bonds. The van der Waals surface area contributed by atoms with E-state index < -0.39 is 5.54 Å². The van der Waals surface area contributed by atoms with Crippen molar-refractivity contribution in [2.45, 2.75) is 59.4 Å². The summed E-state index contributed by atoms with van der Waals surface area (Å²) in [4.78, 5) is 18.2. The van der Waals surface area contributed by atoms with E-state index in [0.717, 1.165) is 23.8 Å². The highest BCUT2D eigenvalue weighted by atomic mass is 35.5. The molecular formula is C17H31Cl2N3OS. The van der Waals surface area contributed by atoms with Gasteiger partial charge in [0, 0.05) is 11.3 Å². The molecule has 0 spiro atoms. The van der Waals surface area contributed by atoms with E-state index in [-0.39, 0.29) is 30.7 Å². The zero-order valence-electron chi connectivity index (χ0n) is 15.3. The summed E-state index contributed by atoms with van der Waals surface area (Å²) in [5, 5.41) is 7.59. The number of nitrogens with one attached hydrogen (secondary N) is 2. The number of hydrogen-bond donors (Lipinski definition) is 2. The van der Waals surface area contributed by atoms with Gasteiger partial charge in [-0.25, -0.2) is 4.98 Å². The minimum absolute atomic E-state index is 0. The number of aryl methyl sites for hydroxylation is 2. The average Bonchev–Trinajstić information content (AvgIpc) is 2.80. The molecular weight excluding hydrogens is 365 g/mol. The molecule has 0 radical (unpaired) electrons. The summed E-state index contributed by atoms with van der Waals surface area (Å²) in [5.74, 6) is 1.17. The smallest absolute Gasteiger partial charge is 0.221 e. The van der Waals surface area contributed by atoms with Crippen LogP contribution in [0.5, 0.6) is 0 Å². The van der Waals surface area contributed by atoms with Crippen molar-refractivity contribution < 1.29 is 4.79 Å². The Bertz CT molecular complexity index is 508. The fraction of sp³-hybridized carbons (Fsp3) is 0.765. The molecule has 0 aromatic carbocycles. The Balaban J connectivity index is 0.00000264. The van der Waals surface area contributed by atoms with Gasteiger partial charge in [-0.1, -0.05) is 6.92 Å². The van der Waals surface area contributed by atoms with Gasteiger partial charge in [0.15, 0.2) is 0 Å². The third-order valence-electron chi connectivity index (χ3n) is 4.66. The predicted molar refractivity (Wildman–Crippen MR) is 107 cm³/mol. The quantitative estimate of drug-likeness (QED) is 0.792. The molecule has 0 bridgehead atoms. The number of thiazole rings is 1. The van der Waals surface area contributed by atoms with E-state index in [1.54, 1.807) is 11.3 Å². The highest BCUT2D eigenvalue weighted by molar-refractivity contribution is 7.11. The molecule has 2 rings (SSSR count). The monoisotopic (exact) mass is 395 g/mol. The van der Waals surface area contributed by atoms with E-state index in [0.29, 0.717) is 18.3 Å². The van der Waals surface area contributed by atoms with E-state index >= 15 is 0 Å². The summed E-state index contributed by atoms with van der Waals surface area (Å²) in [6.45, 7) is 12.5. The average molecular weight is 396 g/mol. The van der Waals surface area contributed by atoms with Crippen LogP contribution >= 0.6 is 36.2 Å². The van der Waals surface area contributed by atoms with Gasteiger partial charge in [-0.3, -0.25) is 4.79 Å². The lowest BCUT2D eigenvalue weighted by Crippen LogP contribution is -2.42. The molecule has 1 saturated heterocycles. The van der Waals surface area contributed by atoms with Crippen molar-refractivity contribution in [1.29, 1.82) is 0 Å². The van der Waals surface area contributed by atoms with Gasteiger partial charge in [-0.05, 0) is 65.5 Å². The van der Waals surface area contributed by atoms with Crippen molar-refractivity contribution >= 4 is 42.1 Å². The van der Waals surface area contributed by atoms with Crippen LogP contribution in [0, 0.1) is 25.7 Å². The molecule has 1 aliphatic heterocycles. The summed E-state index contributed by atoms with van der Waals surface area (Å²) in [6, 6.07) is 0. The number of piperidine rings is 1. The third kappa shape index (κ3) is 6.17. The third-order valence-corrected chi connectivity index (χ3v) is 6.06. The summed E-state index contributed by atoms with van der Waals surface area (Å²) in [6.07, 6.45) is 3.05. The fourth-order valence-electron chi connectivity index (χ4n) is 3.02. The fourth-order valence-corrected chi connectivity index (χ4v) is 3.99. The van der Waals surface area contributed by atoms with Crippen LogP contribution in [-0.2, 0) is 10.3 Å². The standard InChI is InChI=1S/C17H29N3OS.2ClH/c1-11(14-7-6-8-18-10-14)9-15(21)20-17(4,5)16-19-12(2)13(3)22-16;;/h11,14,18H,6-10H2,1-5H3,(H,20,21);2*1H. The maximum Gasteiger partial charge on any atom is 0.221 e. The van der Waals surface area contributed by atoms with Crippen LogP contribution in [0.4, 0.5) is 0 Å². The van der Waals surface area contributed by atoms with Gasteiger partial charge in [-0.15, -0.1) is 36.2 Å². The highest BCUT2D eigenvalue weighted by Crippen LogP contribution is 2.28. The second-order valence-electron chi connectivity index (χ2n) is 7.12. The van der Waals surface area contributed by atoms with Crippen LogP contribution in [0.25, 0.3) is 0 Å². The predicted octanol–water partition coefficient (Wildman–Crippen LogP) is 3.98. The van der Waals surface area contributed by atoms with Crippen LogP contribution in [0.3, 0.4) is 0 Å². The Hall–Kier alpha value is -0.360. The molecule has 1 aromatic rings. The molecule has 2 unspecified atom stereocenters. The second-order valence-corrected chi connectivity index (χ2v) is 8.32. The number of halogens is 2. The van der Waals surface area contributed by atoms with Crippen molar-refractivity contribution in [2.24, 2.45) is 11.8 Å². The Morgan fingerprint density at radius 3 is 2.58 bits per heavy atom. The van der Waals surface area contributed by atoms with Crippen molar-refractivity contribution in [3.63, 3.8) is 0 Å². The van der Waals surface area contributed by atoms with Gasteiger partial charge >= 0.3 is 0 Å². The highest BCUT2D eigenvalue weighted by Gasteiger charge is 2.29. The van der Waals surface area contributed by atoms with E-state index in [1.165, 1.54) is 17.7 Å². The summed E-state index contributed by atoms with van der Waals surface area (Å²) in [5.41, 5.74) is 0.662. The number of rotatable bonds is 5. The number of amides is 1. The number of aromatic nitrogens is 1. The number of nitrogens with zero attached hydrogens (tertiary/aromatic N) is 1. The topological polar surface area (TPSA) is 54.0 Å². The molecule has 4 nitrogen and oxygen atoms in total. The first-order valence-electron chi connectivity index (χ1n) is 8.26. The van der Waals surface area contributed by atoms with Crippen LogP contribution in [0.2, 0.25) is 0 Å². The first kappa shape index (κ1) is 23.6. The minimum Gasteiger partial charge on any atom is -0.345 e. The SMILES string of the molecule is Cc1nc(C(C)(C)NC(=O)CC(C)C2CCCNC2)sc1C.Cl.Cl. The van der Waals surface area contributed by atoms with E-state index in [2.05, 4.69) is 29.5 Å². The molecule has 1 fully saturated rings. The van der Waals surface area contributed by atoms with E-state index in [1.807, 2.05) is 20.8 Å². The Morgan fingerprint density at radius 1 is 1.42 bits per heavy atom. The maximum atomic E-state index is 12.4. The summed E-state index contributed by atoms with van der Waals surface area (Å²) >= 11 is 1.67. The van der Waals surface area contributed by atoms with Crippen LogP contribution in [-0.4, -0.2) is 24.0 Å². The summed E-state index contributed by atoms with van der Waals surface area (Å²) in [7, 11) is 0. The zero-order valence-corrected chi connectivity index (χ0v) is 17.7. The van der Waals surface area contributed by atoms with Gasteiger partial charge < -0.3 is 10.6 Å². The number of carbonyl (C=O) groups excluding carboxylic acids is 1. The zero-order chi connectivity index (χ0) is 16.3. The van der Waals surface area contributed by atoms with Crippen LogP contribution < -0.4 is 10.6 Å². The molecule has 0 saturated carbocycles. The Morgan fingerprint density at radius 2 is 2.08 bits per heavy atom. The largest absolute Gasteiger partial charge is 0.345 e. The number of hydrogen-bond acceptors (Lipinski definition) is 4. The Labute approximate surface area is 162 Å². The molecule has 24 heavy (non-hydrogen) atoms. The van der Waals surface area contributed by atoms with Crippen molar-refractivity contribution in [2.75, 3.05) is 13.1 Å². The van der Waals surface area contributed by atoms with Crippen molar-refractivity contribution in [3.8, 4) is 0 Å². The second kappa shape index (κ2) is 9.95. The van der Waals surface area contributed by atoms with Gasteiger partial charge in [-0.2, -0.15) is 0 Å². The lowest BCUT2D eigenvalue weighted by Gasteiger charge is -2.29. The van der Waals surface area contributed by atoms with Gasteiger partial charge in [0.1, 0.15) is 5.01 Å². The minimum atomic E-state index is -0.398. The van der Waals surface area contributed by atoms with Crippen LogP contribution in [0.15, 0.2) is 0 Å². The lowest BCUT2D eigenvalue weighted by molar-refractivity contribution is -0.124. The molecule has 2 N–H and O–H groups in total. The first-order chi connectivity index (χ1) is 10.3. The van der Waals surface area contributed by atoms with Crippen molar-refractivity contribution in [1.82, 2.24) is 15.6 Å². The van der Waals surface area contributed by atoms with E-state index in [9.17, 15) is 4.79 Å². The van der Waals surface area contributed by atoms with E-state index in [4.69, 9.17) is 0 Å². The Kier molecular flexibility index (Phi) is 9.80. The molecule has 2 atom stereocenters. The van der Waals surface area contributed by atoms with Crippen LogP contribution in [0.1, 0.15) is 55.6 Å².